The molecule has 0 amide bonds. The number of aryl methyl sites for hydroxylation is 2. The van der Waals surface area contributed by atoms with Gasteiger partial charge in [0, 0.05) is 41.7 Å². The molecule has 0 aliphatic carbocycles. The Morgan fingerprint density at radius 3 is 2.67 bits per heavy atom. The summed E-state index contributed by atoms with van der Waals surface area (Å²) >= 11 is 1.56. The Morgan fingerprint density at radius 2 is 1.87 bits per heavy atom. The number of carboxylic acids is 1. The van der Waals surface area contributed by atoms with Gasteiger partial charge in [-0.15, -0.1) is 11.3 Å². The molecule has 3 aromatic heterocycles. The lowest BCUT2D eigenvalue weighted by atomic mass is 9.85. The Hall–Kier alpha value is -4.80. The highest BCUT2D eigenvalue weighted by Gasteiger charge is 2.33. The van der Waals surface area contributed by atoms with E-state index in [1.54, 1.807) is 11.3 Å². The van der Waals surface area contributed by atoms with E-state index < -0.39 is 17.7 Å². The second-order valence-electron chi connectivity index (χ2n) is 15.2. The van der Waals surface area contributed by atoms with Gasteiger partial charge in [0.15, 0.2) is 6.10 Å². The summed E-state index contributed by atoms with van der Waals surface area (Å²) in [5.74, 6) is 0.994. The molecule has 5 heterocycles. The van der Waals surface area contributed by atoms with Gasteiger partial charge in [0.05, 0.1) is 45.1 Å². The molecule has 9 nitrogen and oxygen atoms in total. The molecule has 6 aromatic rings. The molecular formula is C42H44N4O5S. The van der Waals surface area contributed by atoms with E-state index in [2.05, 4.69) is 42.4 Å². The molecule has 0 fully saturated rings. The van der Waals surface area contributed by atoms with Crippen LogP contribution in [0.1, 0.15) is 88.5 Å². The molecule has 3 atom stereocenters. The normalized spacial score (nSPS) is 18.2. The molecule has 6 bridgehead atoms. The van der Waals surface area contributed by atoms with E-state index in [1.165, 1.54) is 5.56 Å². The number of thiazole rings is 1. The number of carbonyl (C=O) groups is 1. The highest BCUT2D eigenvalue weighted by molar-refractivity contribution is 7.22. The number of hydrogen-bond acceptors (Lipinski definition) is 8. The Bertz CT molecular complexity index is 2340. The molecule has 2 aliphatic heterocycles. The fourth-order valence-corrected chi connectivity index (χ4v) is 8.90. The van der Waals surface area contributed by atoms with Gasteiger partial charge in [0.25, 0.3) is 0 Å². The van der Waals surface area contributed by atoms with Crippen LogP contribution in [0, 0.1) is 6.92 Å². The van der Waals surface area contributed by atoms with Crippen molar-refractivity contribution >= 4 is 38.4 Å². The zero-order valence-electron chi connectivity index (χ0n) is 30.5. The number of aromatic nitrogens is 4. The van der Waals surface area contributed by atoms with Crippen molar-refractivity contribution in [3.05, 3.63) is 77.6 Å². The van der Waals surface area contributed by atoms with E-state index in [1.807, 2.05) is 70.0 Å². The van der Waals surface area contributed by atoms with E-state index >= 15 is 0 Å². The lowest BCUT2D eigenvalue weighted by molar-refractivity contribution is -0.160. The number of aliphatic carboxylic acids is 1. The third kappa shape index (κ3) is 6.43. The van der Waals surface area contributed by atoms with Crippen LogP contribution in [0.15, 0.2) is 60.9 Å². The summed E-state index contributed by atoms with van der Waals surface area (Å²) in [5, 5.41) is 17.1. The maximum absolute atomic E-state index is 13.0. The summed E-state index contributed by atoms with van der Waals surface area (Å²) in [7, 11) is 1.93. The number of rotatable bonds is 3. The lowest BCUT2D eigenvalue weighted by Crippen LogP contribution is -2.28. The number of carboxylic acid groups (broad SMARTS) is 1. The van der Waals surface area contributed by atoms with Crippen LogP contribution in [0.25, 0.3) is 54.1 Å². The van der Waals surface area contributed by atoms with Gasteiger partial charge in [-0.1, -0.05) is 12.5 Å². The number of ether oxygens (including phenoxy) is 3. The van der Waals surface area contributed by atoms with E-state index in [-0.39, 0.29) is 6.10 Å². The van der Waals surface area contributed by atoms with Crippen molar-refractivity contribution in [2.75, 3.05) is 6.61 Å². The Kier molecular flexibility index (Phi) is 8.78. The van der Waals surface area contributed by atoms with Crippen LogP contribution >= 0.6 is 11.3 Å². The first-order chi connectivity index (χ1) is 24.9. The molecule has 1 N–H and O–H groups in total. The van der Waals surface area contributed by atoms with Crippen LogP contribution in [-0.2, 0) is 16.6 Å². The summed E-state index contributed by atoms with van der Waals surface area (Å²) in [5.41, 5.74) is 8.04. The smallest absolute Gasteiger partial charge is 0.337 e. The van der Waals surface area contributed by atoms with Gasteiger partial charge < -0.3 is 19.3 Å². The summed E-state index contributed by atoms with van der Waals surface area (Å²) in [6.45, 7) is 10.5. The highest BCUT2D eigenvalue weighted by atomic mass is 32.1. The molecule has 2 unspecified atom stereocenters. The van der Waals surface area contributed by atoms with Gasteiger partial charge in [0.1, 0.15) is 16.5 Å². The molecule has 52 heavy (non-hydrogen) atoms. The fourth-order valence-electron chi connectivity index (χ4n) is 7.78. The van der Waals surface area contributed by atoms with Crippen LogP contribution in [0.4, 0.5) is 0 Å². The van der Waals surface area contributed by atoms with Crippen molar-refractivity contribution in [3.63, 3.8) is 0 Å². The Balaban J connectivity index is 1.38. The average Bonchev–Trinajstić information content (AvgIpc) is 3.71. The number of pyridine rings is 1. The first kappa shape index (κ1) is 34.3. The summed E-state index contributed by atoms with van der Waals surface area (Å²) in [6, 6.07) is 16.5. The van der Waals surface area contributed by atoms with Crippen molar-refractivity contribution in [2.24, 2.45) is 7.05 Å². The molecule has 3 aromatic carbocycles. The van der Waals surface area contributed by atoms with E-state index in [4.69, 9.17) is 24.2 Å². The predicted molar refractivity (Wildman–Crippen MR) is 205 cm³/mol. The lowest BCUT2D eigenvalue weighted by Gasteiger charge is -2.29. The number of nitrogens with zero attached hydrogens (tertiary/aromatic N) is 4. The monoisotopic (exact) mass is 716 g/mol. The van der Waals surface area contributed by atoms with Crippen LogP contribution in [-0.4, -0.2) is 49.1 Å². The largest absolute Gasteiger partial charge is 0.493 e. The fraction of sp³-hybridized carbons (Fsp3) is 0.381. The second-order valence-corrected chi connectivity index (χ2v) is 16.2. The van der Waals surface area contributed by atoms with Crippen molar-refractivity contribution in [1.29, 1.82) is 0 Å². The van der Waals surface area contributed by atoms with Gasteiger partial charge in [0.2, 0.25) is 0 Å². The van der Waals surface area contributed by atoms with Crippen molar-refractivity contribution in [2.45, 2.75) is 90.4 Å². The number of benzene rings is 3. The molecule has 2 aliphatic rings. The van der Waals surface area contributed by atoms with Crippen LogP contribution in [0.2, 0.25) is 0 Å². The SMILES string of the molecule is Cc1cc2nc3sc2c(c1C(OC(C)(C)C)C(=O)O)-c1ccc2c(c1)C(CCCC[C@H](C)Oc1c(ccc4nn(C)cc14)-c1cc-3ccn1)CCO2. The van der Waals surface area contributed by atoms with Crippen molar-refractivity contribution in [1.82, 2.24) is 19.7 Å². The van der Waals surface area contributed by atoms with E-state index in [0.29, 0.717) is 18.1 Å². The maximum Gasteiger partial charge on any atom is 0.337 e. The Morgan fingerprint density at radius 1 is 1.04 bits per heavy atom. The third-order valence-electron chi connectivity index (χ3n) is 10.1. The minimum absolute atomic E-state index is 0.0102. The zero-order valence-corrected chi connectivity index (χ0v) is 31.3. The third-order valence-corrected chi connectivity index (χ3v) is 11.3. The number of hydrogen-bond donors (Lipinski definition) is 1. The molecule has 8 rings (SSSR count). The first-order valence-electron chi connectivity index (χ1n) is 18.1. The minimum Gasteiger partial charge on any atom is -0.493 e. The summed E-state index contributed by atoms with van der Waals surface area (Å²) in [6.07, 6.45) is 7.59. The van der Waals surface area contributed by atoms with E-state index in [0.717, 1.165) is 103 Å². The standard InChI is InChI=1S/C42H44N4O5S/c1-23-19-33-39-36(35(23)38(41(47)48)51-42(3,4)5)26-11-14-34-29(20-26)25(16-18-49-34)10-8-7-9-24(2)50-37-28(12-13-31-30(37)22-46(6)45-31)32-21-27(15-17-43-32)40(44-33)52-39/h11-15,17,19-22,24-25,38H,7-10,16,18H2,1-6H3,(H,47,48)/t24-,25?,38?/m0/s1. The zero-order chi connectivity index (χ0) is 36.3. The molecule has 0 saturated heterocycles. The molecule has 0 spiro atoms. The van der Waals surface area contributed by atoms with Gasteiger partial charge in [-0.2, -0.15) is 5.10 Å². The average molecular weight is 717 g/mol. The van der Waals surface area contributed by atoms with Gasteiger partial charge in [-0.3, -0.25) is 9.67 Å². The molecule has 10 heteroatoms. The molecule has 268 valence electrons. The van der Waals surface area contributed by atoms with Crippen molar-refractivity contribution < 1.29 is 24.1 Å². The second kappa shape index (κ2) is 13.3. The quantitative estimate of drug-likeness (QED) is 0.193. The van der Waals surface area contributed by atoms with Gasteiger partial charge in [-0.05, 0) is 125 Å². The Labute approximate surface area is 307 Å². The molecule has 0 radical (unpaired) electrons. The van der Waals surface area contributed by atoms with Crippen LogP contribution in [0.5, 0.6) is 11.5 Å². The van der Waals surface area contributed by atoms with Crippen molar-refractivity contribution in [3.8, 4) is 44.5 Å². The number of fused-ring (bicyclic) bond motifs is 10. The first-order valence-corrected chi connectivity index (χ1v) is 19.0. The van der Waals surface area contributed by atoms with Gasteiger partial charge >= 0.3 is 5.97 Å². The maximum atomic E-state index is 13.0. The predicted octanol–water partition coefficient (Wildman–Crippen LogP) is 10.0. The topological polar surface area (TPSA) is 109 Å². The highest BCUT2D eigenvalue weighted by Crippen LogP contribution is 2.47. The van der Waals surface area contributed by atoms with Gasteiger partial charge in [-0.25, -0.2) is 9.78 Å². The van der Waals surface area contributed by atoms with Crippen LogP contribution in [0.3, 0.4) is 0 Å². The van der Waals surface area contributed by atoms with E-state index in [9.17, 15) is 9.90 Å². The molecule has 0 saturated carbocycles. The summed E-state index contributed by atoms with van der Waals surface area (Å²) in [4.78, 5) is 23.1. The summed E-state index contributed by atoms with van der Waals surface area (Å²) < 4.78 is 22.0. The molecular weight excluding hydrogens is 673 g/mol. The van der Waals surface area contributed by atoms with Crippen LogP contribution < -0.4 is 9.47 Å². The minimum atomic E-state index is -1.18.